The van der Waals surface area contributed by atoms with Gasteiger partial charge in [0.05, 0.1) is 23.5 Å². The number of pyridine rings is 1. The first-order valence-corrected chi connectivity index (χ1v) is 8.09. The topological polar surface area (TPSA) is 67.8 Å². The second-order valence-corrected chi connectivity index (χ2v) is 6.29. The molecular formula is C16H12Cl2N6. The Morgan fingerprint density at radius 1 is 1.21 bits per heavy atom. The third-order valence-corrected chi connectivity index (χ3v) is 4.62. The van der Waals surface area contributed by atoms with E-state index in [2.05, 4.69) is 25.5 Å². The lowest BCUT2D eigenvalue weighted by atomic mass is 10.1. The van der Waals surface area contributed by atoms with Gasteiger partial charge in [0.25, 0.3) is 0 Å². The van der Waals surface area contributed by atoms with Gasteiger partial charge < -0.3 is 0 Å². The van der Waals surface area contributed by atoms with Crippen molar-refractivity contribution in [1.29, 1.82) is 0 Å². The second-order valence-electron chi connectivity index (χ2n) is 5.47. The summed E-state index contributed by atoms with van der Waals surface area (Å²) in [6, 6.07) is 7.47. The van der Waals surface area contributed by atoms with Crippen LogP contribution in [0.1, 0.15) is 16.8 Å². The minimum atomic E-state index is 0.467. The van der Waals surface area contributed by atoms with Crippen molar-refractivity contribution >= 4 is 39.9 Å². The Hall–Kier alpha value is -2.31. The van der Waals surface area contributed by atoms with Crippen LogP contribution in [0.3, 0.4) is 0 Å². The first-order chi connectivity index (χ1) is 11.6. The largest absolute Gasteiger partial charge is 0.258 e. The zero-order valence-corrected chi connectivity index (χ0v) is 14.3. The number of halogens is 2. The molecular weight excluding hydrogens is 347 g/mol. The Morgan fingerprint density at radius 3 is 2.71 bits per heavy atom. The van der Waals surface area contributed by atoms with Gasteiger partial charge in [-0.25, -0.2) is 0 Å². The zero-order chi connectivity index (χ0) is 16.7. The van der Waals surface area contributed by atoms with E-state index in [-0.39, 0.29) is 0 Å². The molecule has 0 amide bonds. The van der Waals surface area contributed by atoms with Gasteiger partial charge in [-0.05, 0) is 30.3 Å². The minimum Gasteiger partial charge on any atom is -0.258 e. The SMILES string of the molecule is Cc1nn(Cc2c(Cl)cccc2Cl)c2cc(C3=NN=NC3)cnc12. The standard InChI is InChI=1S/C16H12Cl2N6/c1-9-16-15(5-10(6-19-16)14-7-20-23-21-14)24(22-9)8-11-12(17)3-2-4-13(11)18/h2-6H,7-8H2,1H3. The third kappa shape index (κ3) is 2.57. The summed E-state index contributed by atoms with van der Waals surface area (Å²) >= 11 is 12.6. The molecule has 0 aliphatic carbocycles. The van der Waals surface area contributed by atoms with E-state index in [1.165, 1.54) is 0 Å². The van der Waals surface area contributed by atoms with E-state index < -0.39 is 0 Å². The van der Waals surface area contributed by atoms with E-state index in [1.807, 2.05) is 35.9 Å². The van der Waals surface area contributed by atoms with E-state index >= 15 is 0 Å². The smallest absolute Gasteiger partial charge is 0.111 e. The predicted octanol–water partition coefficient (Wildman–Crippen LogP) is 4.26. The van der Waals surface area contributed by atoms with Crippen molar-refractivity contribution in [2.45, 2.75) is 13.5 Å². The molecule has 0 N–H and O–H groups in total. The van der Waals surface area contributed by atoms with E-state index in [0.29, 0.717) is 23.1 Å². The lowest BCUT2D eigenvalue weighted by Crippen LogP contribution is -2.05. The zero-order valence-electron chi connectivity index (χ0n) is 12.7. The van der Waals surface area contributed by atoms with Crippen LogP contribution in [0.2, 0.25) is 10.0 Å². The summed E-state index contributed by atoms with van der Waals surface area (Å²) in [5, 5.41) is 17.4. The molecule has 3 heterocycles. The number of aromatic nitrogens is 3. The van der Waals surface area contributed by atoms with Crippen LogP contribution in [0, 0.1) is 6.92 Å². The average molecular weight is 359 g/mol. The highest BCUT2D eigenvalue weighted by Crippen LogP contribution is 2.27. The maximum absolute atomic E-state index is 6.29. The molecule has 0 bridgehead atoms. The molecule has 6 nitrogen and oxygen atoms in total. The number of fused-ring (bicyclic) bond motifs is 1. The van der Waals surface area contributed by atoms with Crippen molar-refractivity contribution in [2.75, 3.05) is 6.54 Å². The minimum absolute atomic E-state index is 0.467. The Bertz CT molecular complexity index is 985. The number of benzene rings is 1. The highest BCUT2D eigenvalue weighted by molar-refractivity contribution is 6.36. The van der Waals surface area contributed by atoms with Crippen LogP contribution >= 0.6 is 23.2 Å². The van der Waals surface area contributed by atoms with E-state index in [1.54, 1.807) is 6.20 Å². The Kier molecular flexibility index (Phi) is 3.78. The van der Waals surface area contributed by atoms with Gasteiger partial charge in [-0.3, -0.25) is 9.67 Å². The number of hydrogen-bond acceptors (Lipinski definition) is 5. The Balaban J connectivity index is 1.81. The maximum Gasteiger partial charge on any atom is 0.111 e. The molecule has 0 atom stereocenters. The monoisotopic (exact) mass is 358 g/mol. The molecule has 1 aliphatic rings. The summed E-state index contributed by atoms with van der Waals surface area (Å²) in [6.07, 6.45) is 1.78. The molecule has 2 aromatic heterocycles. The highest BCUT2D eigenvalue weighted by Gasteiger charge is 2.15. The first-order valence-electron chi connectivity index (χ1n) is 7.33. The fraction of sp³-hybridized carbons (Fsp3) is 0.188. The molecule has 24 heavy (non-hydrogen) atoms. The molecule has 8 heteroatoms. The van der Waals surface area contributed by atoms with Gasteiger partial charge in [0, 0.05) is 27.4 Å². The van der Waals surface area contributed by atoms with Gasteiger partial charge in [0.2, 0.25) is 0 Å². The molecule has 0 saturated heterocycles. The van der Waals surface area contributed by atoms with Crippen LogP contribution in [0.5, 0.6) is 0 Å². The van der Waals surface area contributed by atoms with Crippen LogP contribution in [-0.4, -0.2) is 27.0 Å². The maximum atomic E-state index is 6.29. The molecule has 0 radical (unpaired) electrons. The quantitative estimate of drug-likeness (QED) is 0.701. The van der Waals surface area contributed by atoms with Crippen LogP contribution in [-0.2, 0) is 6.54 Å². The normalized spacial score (nSPS) is 13.7. The Morgan fingerprint density at radius 2 is 2.00 bits per heavy atom. The van der Waals surface area contributed by atoms with E-state index in [0.717, 1.165) is 33.6 Å². The van der Waals surface area contributed by atoms with Crippen LogP contribution in [0.25, 0.3) is 11.0 Å². The molecule has 0 fully saturated rings. The number of aryl methyl sites for hydroxylation is 1. The van der Waals surface area contributed by atoms with E-state index in [9.17, 15) is 0 Å². The van der Waals surface area contributed by atoms with Gasteiger partial charge in [-0.1, -0.05) is 29.3 Å². The van der Waals surface area contributed by atoms with Gasteiger partial charge in [0.15, 0.2) is 0 Å². The van der Waals surface area contributed by atoms with Gasteiger partial charge >= 0.3 is 0 Å². The fourth-order valence-corrected chi connectivity index (χ4v) is 3.20. The van der Waals surface area contributed by atoms with Crippen molar-refractivity contribution in [3.05, 3.63) is 57.3 Å². The van der Waals surface area contributed by atoms with Crippen LogP contribution in [0.4, 0.5) is 0 Å². The number of nitrogens with zero attached hydrogens (tertiary/aromatic N) is 6. The van der Waals surface area contributed by atoms with Crippen molar-refractivity contribution in [1.82, 2.24) is 14.8 Å². The Labute approximate surface area is 147 Å². The van der Waals surface area contributed by atoms with Crippen molar-refractivity contribution in [2.24, 2.45) is 15.4 Å². The van der Waals surface area contributed by atoms with Gasteiger partial charge in [0.1, 0.15) is 12.1 Å². The summed E-state index contributed by atoms with van der Waals surface area (Å²) in [4.78, 5) is 4.52. The molecule has 1 aliphatic heterocycles. The molecule has 3 aromatic rings. The van der Waals surface area contributed by atoms with Crippen molar-refractivity contribution < 1.29 is 0 Å². The molecule has 120 valence electrons. The summed E-state index contributed by atoms with van der Waals surface area (Å²) in [7, 11) is 0. The summed E-state index contributed by atoms with van der Waals surface area (Å²) < 4.78 is 1.86. The highest BCUT2D eigenvalue weighted by atomic mass is 35.5. The summed E-state index contributed by atoms with van der Waals surface area (Å²) in [5.41, 5.74) is 5.11. The summed E-state index contributed by atoms with van der Waals surface area (Å²) in [5.74, 6) is 0. The third-order valence-electron chi connectivity index (χ3n) is 3.91. The molecule has 0 unspecified atom stereocenters. The van der Waals surface area contributed by atoms with E-state index in [4.69, 9.17) is 23.2 Å². The van der Waals surface area contributed by atoms with Crippen LogP contribution < -0.4 is 0 Å². The molecule has 0 saturated carbocycles. The van der Waals surface area contributed by atoms with Crippen molar-refractivity contribution in [3.8, 4) is 0 Å². The summed E-state index contributed by atoms with van der Waals surface area (Å²) in [6.45, 7) is 2.86. The predicted molar refractivity (Wildman–Crippen MR) is 94.1 cm³/mol. The van der Waals surface area contributed by atoms with Gasteiger partial charge in [-0.2, -0.15) is 10.2 Å². The fourth-order valence-electron chi connectivity index (χ4n) is 2.69. The molecule has 1 aromatic carbocycles. The first kappa shape index (κ1) is 15.2. The second kappa shape index (κ2) is 5.96. The molecule has 0 spiro atoms. The lowest BCUT2D eigenvalue weighted by Gasteiger charge is -2.08. The molecule has 4 rings (SSSR count). The average Bonchev–Trinajstić information content (AvgIpc) is 3.20. The van der Waals surface area contributed by atoms with Gasteiger partial charge in [-0.15, -0.1) is 5.10 Å². The van der Waals surface area contributed by atoms with Crippen LogP contribution in [0.15, 0.2) is 45.9 Å². The number of rotatable bonds is 3. The number of hydrogen-bond donors (Lipinski definition) is 0. The lowest BCUT2D eigenvalue weighted by molar-refractivity contribution is 0.703. The van der Waals surface area contributed by atoms with Crippen molar-refractivity contribution in [3.63, 3.8) is 0 Å².